The Balaban J connectivity index is 2.67. The molecule has 2 aromatic rings. The van der Waals surface area contributed by atoms with E-state index in [1.165, 1.54) is 6.20 Å². The number of rotatable bonds is 3. The zero-order chi connectivity index (χ0) is 12.4. The van der Waals surface area contributed by atoms with Crippen molar-refractivity contribution >= 4 is 5.97 Å². The molecule has 1 heterocycles. The van der Waals surface area contributed by atoms with E-state index in [1.54, 1.807) is 30.7 Å². The second-order valence-corrected chi connectivity index (χ2v) is 3.54. The molecule has 0 saturated carbocycles. The Morgan fingerprint density at radius 1 is 1.41 bits per heavy atom. The number of carboxylic acids is 1. The lowest BCUT2D eigenvalue weighted by Crippen LogP contribution is -2.10. The third kappa shape index (κ3) is 1.87. The van der Waals surface area contributed by atoms with E-state index >= 15 is 0 Å². The first-order chi connectivity index (χ1) is 8.15. The van der Waals surface area contributed by atoms with Gasteiger partial charge in [-0.3, -0.25) is 4.57 Å². The van der Waals surface area contributed by atoms with Gasteiger partial charge < -0.3 is 9.84 Å². The summed E-state index contributed by atoms with van der Waals surface area (Å²) in [6, 6.07) is 7.22. The van der Waals surface area contributed by atoms with Gasteiger partial charge in [0.05, 0.1) is 12.8 Å². The van der Waals surface area contributed by atoms with Crippen molar-refractivity contribution in [3.05, 3.63) is 42.0 Å². The summed E-state index contributed by atoms with van der Waals surface area (Å²) in [4.78, 5) is 15.0. The highest BCUT2D eigenvalue weighted by Crippen LogP contribution is 2.24. The molecular formula is C12H12N2O3. The number of nitrogens with zero attached hydrogens (tertiary/aromatic N) is 2. The number of aryl methyl sites for hydroxylation is 1. The number of aromatic nitrogens is 2. The van der Waals surface area contributed by atoms with Gasteiger partial charge in [-0.25, -0.2) is 9.78 Å². The van der Waals surface area contributed by atoms with E-state index in [4.69, 9.17) is 9.84 Å². The highest BCUT2D eigenvalue weighted by molar-refractivity contribution is 5.84. The minimum absolute atomic E-state index is 0.0213. The van der Waals surface area contributed by atoms with Crippen LogP contribution in [0.25, 0.3) is 5.69 Å². The fraction of sp³-hybridized carbons (Fsp3) is 0.167. The Hall–Kier alpha value is -2.30. The van der Waals surface area contributed by atoms with Crippen molar-refractivity contribution in [1.29, 1.82) is 0 Å². The van der Waals surface area contributed by atoms with Gasteiger partial charge in [-0.1, -0.05) is 12.1 Å². The lowest BCUT2D eigenvalue weighted by Gasteiger charge is -2.11. The molecule has 0 aliphatic heterocycles. The summed E-state index contributed by atoms with van der Waals surface area (Å²) in [6.45, 7) is 1.80. The Bertz CT molecular complexity index is 561. The van der Waals surface area contributed by atoms with Crippen LogP contribution >= 0.6 is 0 Å². The number of carboxylic acid groups (broad SMARTS) is 1. The number of para-hydroxylation sites is 2. The molecule has 0 aliphatic rings. The average Bonchev–Trinajstić information content (AvgIpc) is 2.71. The highest BCUT2D eigenvalue weighted by Gasteiger charge is 2.17. The predicted molar refractivity (Wildman–Crippen MR) is 61.8 cm³/mol. The summed E-state index contributed by atoms with van der Waals surface area (Å²) in [5.74, 6) is -0.480. The maximum absolute atomic E-state index is 11.1. The van der Waals surface area contributed by atoms with E-state index < -0.39 is 5.97 Å². The van der Waals surface area contributed by atoms with E-state index in [2.05, 4.69) is 4.98 Å². The minimum Gasteiger partial charge on any atom is -0.495 e. The van der Waals surface area contributed by atoms with Gasteiger partial charge in [0, 0.05) is 11.9 Å². The molecule has 0 amide bonds. The van der Waals surface area contributed by atoms with Crippen molar-refractivity contribution in [2.45, 2.75) is 6.92 Å². The summed E-state index contributed by atoms with van der Waals surface area (Å²) in [7, 11) is 1.55. The Kier molecular flexibility index (Phi) is 2.82. The summed E-state index contributed by atoms with van der Waals surface area (Å²) in [6.07, 6.45) is 1.52. The lowest BCUT2D eigenvalue weighted by molar-refractivity contribution is 0.0681. The Morgan fingerprint density at radius 2 is 2.12 bits per heavy atom. The van der Waals surface area contributed by atoms with Gasteiger partial charge in [-0.15, -0.1) is 0 Å². The van der Waals surface area contributed by atoms with Gasteiger partial charge in [0.15, 0.2) is 0 Å². The van der Waals surface area contributed by atoms with Gasteiger partial charge >= 0.3 is 5.97 Å². The van der Waals surface area contributed by atoms with E-state index in [1.807, 2.05) is 12.1 Å². The molecule has 5 nitrogen and oxygen atoms in total. The van der Waals surface area contributed by atoms with E-state index in [0.29, 0.717) is 11.4 Å². The van der Waals surface area contributed by atoms with E-state index in [9.17, 15) is 4.79 Å². The van der Waals surface area contributed by atoms with Crippen molar-refractivity contribution in [3.8, 4) is 11.4 Å². The maximum atomic E-state index is 11.1. The van der Waals surface area contributed by atoms with Gasteiger partial charge in [-0.05, 0) is 19.1 Å². The van der Waals surface area contributed by atoms with Gasteiger partial charge in [0.25, 0.3) is 0 Å². The highest BCUT2D eigenvalue weighted by atomic mass is 16.5. The molecule has 0 saturated heterocycles. The van der Waals surface area contributed by atoms with Crippen LogP contribution in [-0.4, -0.2) is 27.7 Å². The van der Waals surface area contributed by atoms with Crippen LogP contribution in [0.1, 0.15) is 16.3 Å². The molecule has 17 heavy (non-hydrogen) atoms. The number of methoxy groups -OCH3 is 1. The van der Waals surface area contributed by atoms with Crippen LogP contribution in [0.5, 0.6) is 5.75 Å². The smallest absolute Gasteiger partial charge is 0.372 e. The number of benzene rings is 1. The molecular weight excluding hydrogens is 220 g/mol. The van der Waals surface area contributed by atoms with E-state index in [0.717, 1.165) is 5.69 Å². The number of ether oxygens (including phenoxy) is 1. The zero-order valence-corrected chi connectivity index (χ0v) is 9.54. The molecule has 88 valence electrons. The van der Waals surface area contributed by atoms with Crippen molar-refractivity contribution in [1.82, 2.24) is 9.55 Å². The monoisotopic (exact) mass is 232 g/mol. The van der Waals surface area contributed by atoms with Crippen LogP contribution < -0.4 is 4.74 Å². The Morgan fingerprint density at radius 3 is 2.76 bits per heavy atom. The number of carbonyl (C=O) groups is 1. The molecule has 5 heteroatoms. The largest absolute Gasteiger partial charge is 0.495 e. The summed E-state index contributed by atoms with van der Waals surface area (Å²) in [5, 5.41) is 9.08. The second kappa shape index (κ2) is 4.29. The summed E-state index contributed by atoms with van der Waals surface area (Å²) in [5.41, 5.74) is 1.41. The van der Waals surface area contributed by atoms with Crippen LogP contribution in [0.3, 0.4) is 0 Å². The molecule has 0 fully saturated rings. The number of aromatic carboxylic acids is 1. The molecule has 0 aliphatic carbocycles. The Labute approximate surface area is 98.3 Å². The second-order valence-electron chi connectivity index (χ2n) is 3.54. The molecule has 0 atom stereocenters. The normalized spacial score (nSPS) is 10.2. The molecule has 0 spiro atoms. The van der Waals surface area contributed by atoms with Crippen LogP contribution in [0.2, 0.25) is 0 Å². The number of imidazole rings is 1. The van der Waals surface area contributed by atoms with Gasteiger partial charge in [-0.2, -0.15) is 0 Å². The molecule has 2 rings (SSSR count). The molecule has 0 unspecified atom stereocenters. The first kappa shape index (κ1) is 11.2. The SMILES string of the molecule is COc1ccccc1-n1c(C)cnc1C(=O)O. The van der Waals surface area contributed by atoms with Crippen molar-refractivity contribution < 1.29 is 14.6 Å². The fourth-order valence-corrected chi connectivity index (χ4v) is 1.71. The van der Waals surface area contributed by atoms with Crippen molar-refractivity contribution in [3.63, 3.8) is 0 Å². The van der Waals surface area contributed by atoms with Crippen LogP contribution in [0, 0.1) is 6.92 Å². The lowest BCUT2D eigenvalue weighted by atomic mass is 10.2. The molecule has 0 bridgehead atoms. The van der Waals surface area contributed by atoms with Crippen LogP contribution in [0.4, 0.5) is 0 Å². The molecule has 1 N–H and O–H groups in total. The van der Waals surface area contributed by atoms with Crippen molar-refractivity contribution in [2.24, 2.45) is 0 Å². The summed E-state index contributed by atoms with van der Waals surface area (Å²) < 4.78 is 6.77. The third-order valence-electron chi connectivity index (χ3n) is 2.46. The van der Waals surface area contributed by atoms with E-state index in [-0.39, 0.29) is 5.82 Å². The topological polar surface area (TPSA) is 64.4 Å². The standard InChI is InChI=1S/C12H12N2O3/c1-8-7-13-11(12(15)16)14(8)9-5-3-4-6-10(9)17-2/h3-7H,1-2H3,(H,15,16). The summed E-state index contributed by atoms with van der Waals surface area (Å²) >= 11 is 0. The number of hydrogen-bond donors (Lipinski definition) is 1. The zero-order valence-electron chi connectivity index (χ0n) is 9.54. The van der Waals surface area contributed by atoms with Crippen LogP contribution in [0.15, 0.2) is 30.5 Å². The molecule has 0 radical (unpaired) electrons. The quantitative estimate of drug-likeness (QED) is 0.877. The first-order valence-electron chi connectivity index (χ1n) is 5.06. The maximum Gasteiger partial charge on any atom is 0.372 e. The predicted octanol–water partition coefficient (Wildman–Crippen LogP) is 1.89. The molecule has 1 aromatic carbocycles. The fourth-order valence-electron chi connectivity index (χ4n) is 1.71. The van der Waals surface area contributed by atoms with Gasteiger partial charge in [0.2, 0.25) is 5.82 Å². The number of hydrogen-bond acceptors (Lipinski definition) is 3. The minimum atomic E-state index is -1.07. The van der Waals surface area contributed by atoms with Crippen molar-refractivity contribution in [2.75, 3.05) is 7.11 Å². The van der Waals surface area contributed by atoms with Crippen LogP contribution in [-0.2, 0) is 0 Å². The third-order valence-corrected chi connectivity index (χ3v) is 2.46. The first-order valence-corrected chi connectivity index (χ1v) is 5.06. The molecule has 1 aromatic heterocycles. The van der Waals surface area contributed by atoms with Gasteiger partial charge in [0.1, 0.15) is 5.75 Å². The average molecular weight is 232 g/mol.